The molecule has 1 spiro atoms. The molecule has 1 aliphatic carbocycles. The molecule has 0 bridgehead atoms. The second-order valence-electron chi connectivity index (χ2n) is 6.86. The van der Waals surface area contributed by atoms with Crippen molar-refractivity contribution >= 4 is 23.9 Å². The second kappa shape index (κ2) is 7.42. The number of nitrogens with one attached hydrogen (secondary N) is 1. The summed E-state index contributed by atoms with van der Waals surface area (Å²) in [6.07, 6.45) is 3.30. The molecule has 1 saturated heterocycles. The van der Waals surface area contributed by atoms with Crippen LogP contribution in [0.15, 0.2) is 16.5 Å². The van der Waals surface area contributed by atoms with Gasteiger partial charge in [0.05, 0.1) is 7.11 Å². The normalized spacial score (nSPS) is 24.8. The molecule has 1 aliphatic heterocycles. The molecule has 27 heavy (non-hydrogen) atoms. The van der Waals surface area contributed by atoms with Gasteiger partial charge >= 0.3 is 18.0 Å². The smallest absolute Gasteiger partial charge is 0.373 e. The van der Waals surface area contributed by atoms with Crippen molar-refractivity contribution in [2.45, 2.75) is 44.8 Å². The average molecular weight is 378 g/mol. The zero-order valence-electron chi connectivity index (χ0n) is 15.3. The van der Waals surface area contributed by atoms with E-state index in [1.807, 2.05) is 6.92 Å². The van der Waals surface area contributed by atoms with E-state index in [2.05, 4.69) is 10.1 Å². The quantitative estimate of drug-likeness (QED) is 0.611. The van der Waals surface area contributed by atoms with Gasteiger partial charge in [0.25, 0.3) is 5.91 Å². The van der Waals surface area contributed by atoms with Crippen LogP contribution in [0.2, 0.25) is 0 Å². The van der Waals surface area contributed by atoms with Gasteiger partial charge in [-0.2, -0.15) is 0 Å². The molecule has 2 heterocycles. The molecule has 2 fully saturated rings. The minimum atomic E-state index is -0.911. The number of hydrogen-bond donors (Lipinski definition) is 1. The van der Waals surface area contributed by atoms with Gasteiger partial charge in [0.1, 0.15) is 24.5 Å². The zero-order chi connectivity index (χ0) is 19.6. The maximum atomic E-state index is 12.8. The molecule has 1 aromatic heterocycles. The Kier molecular flexibility index (Phi) is 5.20. The number of urea groups is 1. The Morgan fingerprint density at radius 1 is 1.33 bits per heavy atom. The number of ether oxygens (including phenoxy) is 2. The number of rotatable bonds is 5. The summed E-state index contributed by atoms with van der Waals surface area (Å²) in [5.74, 6) is -1.50. The molecular formula is C18H22N2O7. The largest absolute Gasteiger partial charge is 0.463 e. The highest BCUT2D eigenvalue weighted by atomic mass is 16.6. The number of imide groups is 1. The highest BCUT2D eigenvalue weighted by molar-refractivity contribution is 6.08. The van der Waals surface area contributed by atoms with Crippen molar-refractivity contribution in [3.05, 3.63) is 23.7 Å². The predicted octanol–water partition coefficient (Wildman–Crippen LogP) is 1.61. The van der Waals surface area contributed by atoms with E-state index in [1.54, 1.807) is 0 Å². The van der Waals surface area contributed by atoms with Gasteiger partial charge in [-0.1, -0.05) is 19.8 Å². The summed E-state index contributed by atoms with van der Waals surface area (Å²) >= 11 is 0. The van der Waals surface area contributed by atoms with Crippen LogP contribution in [-0.4, -0.2) is 48.0 Å². The third-order valence-corrected chi connectivity index (χ3v) is 5.21. The molecule has 0 unspecified atom stereocenters. The number of hydrogen-bond acceptors (Lipinski definition) is 7. The van der Waals surface area contributed by atoms with Crippen LogP contribution < -0.4 is 5.32 Å². The first-order chi connectivity index (χ1) is 12.9. The van der Waals surface area contributed by atoms with Gasteiger partial charge in [-0.3, -0.25) is 14.5 Å². The molecule has 9 heteroatoms. The molecule has 9 nitrogen and oxygen atoms in total. The molecule has 0 aromatic carbocycles. The van der Waals surface area contributed by atoms with Crippen LogP contribution in [-0.2, 0) is 25.7 Å². The Morgan fingerprint density at radius 3 is 2.81 bits per heavy atom. The van der Waals surface area contributed by atoms with E-state index in [1.165, 1.54) is 19.2 Å². The summed E-state index contributed by atoms with van der Waals surface area (Å²) < 4.78 is 14.8. The number of nitrogens with zero attached hydrogens (tertiary/aromatic N) is 1. The lowest BCUT2D eigenvalue weighted by Crippen LogP contribution is -2.54. The molecule has 1 aromatic rings. The van der Waals surface area contributed by atoms with E-state index in [0.717, 1.165) is 24.2 Å². The predicted molar refractivity (Wildman–Crippen MR) is 90.5 cm³/mol. The van der Waals surface area contributed by atoms with Gasteiger partial charge in [0.15, 0.2) is 0 Å². The number of esters is 2. The number of furan rings is 1. The number of amides is 3. The SMILES string of the molecule is COC(=O)c1ccc(COC(=O)CN2C(=O)N[C@]3(CCCC[C@H]3C)C2=O)o1. The molecule has 2 aliphatic rings. The zero-order valence-corrected chi connectivity index (χ0v) is 15.3. The molecule has 3 amide bonds. The van der Waals surface area contributed by atoms with Crippen LogP contribution in [0.4, 0.5) is 4.79 Å². The van der Waals surface area contributed by atoms with Crippen LogP contribution in [0.3, 0.4) is 0 Å². The highest BCUT2D eigenvalue weighted by Crippen LogP contribution is 2.38. The summed E-state index contributed by atoms with van der Waals surface area (Å²) in [5.41, 5.74) is -0.911. The second-order valence-corrected chi connectivity index (χ2v) is 6.86. The lowest BCUT2D eigenvalue weighted by atomic mass is 9.73. The van der Waals surface area contributed by atoms with E-state index in [4.69, 9.17) is 9.15 Å². The minimum absolute atomic E-state index is 0.00845. The first kappa shape index (κ1) is 18.9. The lowest BCUT2D eigenvalue weighted by Gasteiger charge is -2.36. The van der Waals surface area contributed by atoms with E-state index in [9.17, 15) is 19.2 Å². The van der Waals surface area contributed by atoms with E-state index < -0.39 is 30.1 Å². The standard InChI is InChI=1S/C18H22N2O7/c1-11-5-3-4-8-18(11)16(23)20(17(24)19-18)9-14(21)26-10-12-6-7-13(27-12)15(22)25-2/h6-7,11H,3-5,8-10H2,1-2H3,(H,19,24)/t11-,18+/m1/s1. The van der Waals surface area contributed by atoms with Crippen molar-refractivity contribution in [1.29, 1.82) is 0 Å². The Balaban J connectivity index is 1.57. The Labute approximate surface area is 156 Å². The van der Waals surface area contributed by atoms with Crippen molar-refractivity contribution in [2.75, 3.05) is 13.7 Å². The van der Waals surface area contributed by atoms with Gasteiger partial charge < -0.3 is 19.2 Å². The third kappa shape index (κ3) is 3.54. The number of carbonyl (C=O) groups is 4. The Morgan fingerprint density at radius 2 is 2.11 bits per heavy atom. The van der Waals surface area contributed by atoms with Crippen molar-refractivity contribution in [3.63, 3.8) is 0 Å². The van der Waals surface area contributed by atoms with E-state index >= 15 is 0 Å². The van der Waals surface area contributed by atoms with Crippen LogP contribution in [0.1, 0.15) is 48.9 Å². The van der Waals surface area contributed by atoms with Crippen molar-refractivity contribution < 1.29 is 33.1 Å². The first-order valence-corrected chi connectivity index (χ1v) is 8.84. The fraction of sp³-hybridized carbons (Fsp3) is 0.556. The van der Waals surface area contributed by atoms with Gasteiger partial charge in [0.2, 0.25) is 5.76 Å². The Bertz CT molecular complexity index is 772. The summed E-state index contributed by atoms with van der Waals surface area (Å²) in [6.45, 7) is 1.25. The van der Waals surface area contributed by atoms with E-state index in [0.29, 0.717) is 6.42 Å². The minimum Gasteiger partial charge on any atom is -0.463 e. The van der Waals surface area contributed by atoms with Crippen LogP contribution in [0, 0.1) is 5.92 Å². The molecule has 2 atom stereocenters. The molecule has 3 rings (SSSR count). The van der Waals surface area contributed by atoms with Gasteiger partial charge in [-0.25, -0.2) is 9.59 Å². The molecule has 1 N–H and O–H groups in total. The van der Waals surface area contributed by atoms with Gasteiger partial charge in [-0.15, -0.1) is 0 Å². The third-order valence-electron chi connectivity index (χ3n) is 5.21. The fourth-order valence-electron chi connectivity index (χ4n) is 3.63. The van der Waals surface area contributed by atoms with Crippen LogP contribution in [0.25, 0.3) is 0 Å². The average Bonchev–Trinajstić information content (AvgIpc) is 3.21. The lowest BCUT2D eigenvalue weighted by molar-refractivity contribution is -0.149. The molecule has 1 saturated carbocycles. The highest BCUT2D eigenvalue weighted by Gasteiger charge is 2.55. The molecular weight excluding hydrogens is 356 g/mol. The van der Waals surface area contributed by atoms with Crippen molar-refractivity contribution in [3.8, 4) is 0 Å². The Hall–Kier alpha value is -2.84. The fourth-order valence-corrected chi connectivity index (χ4v) is 3.63. The number of methoxy groups -OCH3 is 1. The van der Waals surface area contributed by atoms with Gasteiger partial charge in [0, 0.05) is 0 Å². The first-order valence-electron chi connectivity index (χ1n) is 8.84. The van der Waals surface area contributed by atoms with Crippen LogP contribution in [0.5, 0.6) is 0 Å². The molecule has 0 radical (unpaired) electrons. The maximum Gasteiger partial charge on any atom is 0.373 e. The van der Waals surface area contributed by atoms with Gasteiger partial charge in [-0.05, 0) is 30.9 Å². The van der Waals surface area contributed by atoms with Crippen molar-refractivity contribution in [2.24, 2.45) is 5.92 Å². The topological polar surface area (TPSA) is 115 Å². The summed E-state index contributed by atoms with van der Waals surface area (Å²) in [7, 11) is 1.22. The summed E-state index contributed by atoms with van der Waals surface area (Å²) in [5, 5.41) is 2.78. The number of carbonyl (C=O) groups excluding carboxylic acids is 4. The summed E-state index contributed by atoms with van der Waals surface area (Å²) in [6, 6.07) is 2.31. The monoisotopic (exact) mass is 378 g/mol. The maximum absolute atomic E-state index is 12.8. The molecule has 146 valence electrons. The van der Waals surface area contributed by atoms with Crippen LogP contribution >= 0.6 is 0 Å². The summed E-state index contributed by atoms with van der Waals surface area (Å²) in [4.78, 5) is 49.4. The van der Waals surface area contributed by atoms with Crippen molar-refractivity contribution in [1.82, 2.24) is 10.2 Å². The van der Waals surface area contributed by atoms with E-state index in [-0.39, 0.29) is 30.0 Å².